The van der Waals surface area contributed by atoms with Crippen LogP contribution in [0.3, 0.4) is 0 Å². The number of benzene rings is 1. The molecule has 1 aromatic carbocycles. The lowest BCUT2D eigenvalue weighted by molar-refractivity contribution is -0.186. The number of nitrogens with zero attached hydrogens (tertiary/aromatic N) is 3. The minimum atomic E-state index is -4.96. The molecule has 4 heterocycles. The fraction of sp³-hybridized carbons (Fsp3) is 0.385. The van der Waals surface area contributed by atoms with Crippen LogP contribution in [0.1, 0.15) is 56.2 Å². The molecule has 2 amide bonds. The fourth-order valence-corrected chi connectivity index (χ4v) is 6.25. The molecule has 0 atom stereocenters. The first kappa shape index (κ1) is 26.5. The second-order valence-electron chi connectivity index (χ2n) is 9.99. The van der Waals surface area contributed by atoms with Crippen LogP contribution in [0.4, 0.5) is 38.0 Å². The summed E-state index contributed by atoms with van der Waals surface area (Å²) in [6, 6.07) is 4.94. The number of carbonyl (C=O) groups excluding carboxylic acids is 2. The van der Waals surface area contributed by atoms with E-state index in [9.17, 15) is 35.9 Å². The molecule has 2 N–H and O–H groups in total. The summed E-state index contributed by atoms with van der Waals surface area (Å²) < 4.78 is 80.6. The van der Waals surface area contributed by atoms with E-state index in [-0.39, 0.29) is 47.9 Å². The normalized spacial score (nSPS) is 17.2. The van der Waals surface area contributed by atoms with E-state index in [0.29, 0.717) is 40.9 Å². The number of halogens is 6. The van der Waals surface area contributed by atoms with Crippen LogP contribution in [-0.4, -0.2) is 45.9 Å². The fourth-order valence-electron chi connectivity index (χ4n) is 5.09. The molecule has 3 aliphatic rings. The molecule has 0 radical (unpaired) electrons. The molecule has 1 fully saturated rings. The minimum absolute atomic E-state index is 0.0784. The Morgan fingerprint density at radius 3 is 2.52 bits per heavy atom. The summed E-state index contributed by atoms with van der Waals surface area (Å²) in [6.07, 6.45) is -6.58. The number of rotatable bonds is 4. The van der Waals surface area contributed by atoms with E-state index in [1.54, 1.807) is 12.1 Å². The Hall–Kier alpha value is -3.68. The van der Waals surface area contributed by atoms with Gasteiger partial charge in [0.25, 0.3) is 5.91 Å². The Balaban J connectivity index is 1.35. The molecule has 0 bridgehead atoms. The van der Waals surface area contributed by atoms with Crippen molar-refractivity contribution >= 4 is 34.8 Å². The van der Waals surface area contributed by atoms with Gasteiger partial charge in [-0.1, -0.05) is 6.07 Å². The van der Waals surface area contributed by atoms with Gasteiger partial charge in [-0.25, -0.2) is 9.97 Å². The first-order valence-corrected chi connectivity index (χ1v) is 13.3. The predicted octanol–water partition coefficient (Wildman–Crippen LogP) is 5.58. The van der Waals surface area contributed by atoms with Crippen LogP contribution in [0.15, 0.2) is 24.4 Å². The van der Waals surface area contributed by atoms with Crippen LogP contribution in [0.25, 0.3) is 10.6 Å². The number of carbonyl (C=O) groups is 2. The molecule has 2 aromatic heterocycles. The summed E-state index contributed by atoms with van der Waals surface area (Å²) >= 11 is 1.09. The third-order valence-corrected chi connectivity index (χ3v) is 8.40. The Morgan fingerprint density at radius 2 is 1.85 bits per heavy atom. The van der Waals surface area contributed by atoms with Crippen molar-refractivity contribution in [2.24, 2.45) is 0 Å². The minimum Gasteiger partial charge on any atom is -0.352 e. The van der Waals surface area contributed by atoms with Crippen LogP contribution in [-0.2, 0) is 30.4 Å². The monoisotopic (exact) mass is 581 g/mol. The maximum Gasteiger partial charge on any atom is 0.471 e. The van der Waals surface area contributed by atoms with Gasteiger partial charge in [0.2, 0.25) is 5.95 Å². The number of hydrogen-bond donors (Lipinski definition) is 2. The summed E-state index contributed by atoms with van der Waals surface area (Å²) in [4.78, 5) is 33.8. The summed E-state index contributed by atoms with van der Waals surface area (Å²) in [6.45, 7) is 0.120. The lowest BCUT2D eigenvalue weighted by atomic mass is 9.94. The number of hydrogen-bond acceptors (Lipinski definition) is 6. The summed E-state index contributed by atoms with van der Waals surface area (Å²) in [5, 5.41) is 5.72. The standard InChI is InChI=1S/C26H21F6N5O2S/c27-25(28,29)17-10-34-24(36-21(17)20-9-16-19(40-20)3-5-33-22(16)38)35-18-8-13-4-6-37(23(39)26(30,31)32)11-14(13)7-15(18)12-1-2-12/h7-10,12H,1-6,11H2,(H,33,38)(H,34,35,36). The van der Waals surface area contributed by atoms with Crippen LogP contribution in [0.5, 0.6) is 0 Å². The van der Waals surface area contributed by atoms with Gasteiger partial charge in [0.1, 0.15) is 5.56 Å². The van der Waals surface area contributed by atoms with E-state index in [1.807, 2.05) is 0 Å². The quantitative estimate of drug-likeness (QED) is 0.393. The van der Waals surface area contributed by atoms with Crippen molar-refractivity contribution in [1.82, 2.24) is 20.2 Å². The van der Waals surface area contributed by atoms with Gasteiger partial charge in [0.15, 0.2) is 0 Å². The Morgan fingerprint density at radius 1 is 1.07 bits per heavy atom. The maximum atomic E-state index is 13.9. The van der Waals surface area contributed by atoms with Crippen LogP contribution >= 0.6 is 11.3 Å². The van der Waals surface area contributed by atoms with Crippen LogP contribution in [0.2, 0.25) is 0 Å². The van der Waals surface area contributed by atoms with Gasteiger partial charge < -0.3 is 15.5 Å². The number of nitrogens with one attached hydrogen (secondary N) is 2. The highest BCUT2D eigenvalue weighted by molar-refractivity contribution is 7.15. The molecule has 7 nitrogen and oxygen atoms in total. The highest BCUT2D eigenvalue weighted by Crippen LogP contribution is 2.46. The highest BCUT2D eigenvalue weighted by Gasteiger charge is 2.43. The third-order valence-electron chi connectivity index (χ3n) is 7.20. The summed E-state index contributed by atoms with van der Waals surface area (Å²) in [7, 11) is 0. The molecule has 3 aromatic rings. The van der Waals surface area contributed by atoms with Crippen molar-refractivity contribution in [3.8, 4) is 10.6 Å². The van der Waals surface area contributed by atoms with Crippen molar-refractivity contribution in [2.45, 2.75) is 50.5 Å². The molecule has 210 valence electrons. The van der Waals surface area contributed by atoms with Gasteiger partial charge in [-0.15, -0.1) is 11.3 Å². The average Bonchev–Trinajstić information content (AvgIpc) is 3.64. The lowest BCUT2D eigenvalue weighted by Crippen LogP contribution is -2.43. The zero-order chi connectivity index (χ0) is 28.4. The maximum absolute atomic E-state index is 13.9. The third kappa shape index (κ3) is 5.00. The summed E-state index contributed by atoms with van der Waals surface area (Å²) in [5.74, 6) is -2.18. The highest BCUT2D eigenvalue weighted by atomic mass is 32.1. The van der Waals surface area contributed by atoms with E-state index in [2.05, 4.69) is 20.6 Å². The van der Waals surface area contributed by atoms with Gasteiger partial charge in [-0.3, -0.25) is 9.59 Å². The molecule has 0 unspecified atom stereocenters. The first-order valence-electron chi connectivity index (χ1n) is 12.5. The number of anilines is 2. The number of fused-ring (bicyclic) bond motifs is 2. The van der Waals surface area contributed by atoms with Gasteiger partial charge in [-0.2, -0.15) is 26.3 Å². The lowest BCUT2D eigenvalue weighted by Gasteiger charge is -2.30. The Bertz CT molecular complexity index is 1530. The topological polar surface area (TPSA) is 87.2 Å². The number of aromatic nitrogens is 2. The Kier molecular flexibility index (Phi) is 6.28. The molecule has 14 heteroatoms. The van der Waals surface area contributed by atoms with Crippen molar-refractivity contribution < 1.29 is 35.9 Å². The van der Waals surface area contributed by atoms with Gasteiger partial charge >= 0.3 is 18.3 Å². The number of alkyl halides is 6. The van der Waals surface area contributed by atoms with E-state index >= 15 is 0 Å². The second-order valence-corrected chi connectivity index (χ2v) is 11.1. The molecule has 0 spiro atoms. The van der Waals surface area contributed by atoms with E-state index in [1.165, 1.54) is 6.07 Å². The second kappa shape index (κ2) is 9.46. The van der Waals surface area contributed by atoms with Crippen molar-refractivity contribution in [3.05, 3.63) is 57.1 Å². The molecular formula is C26H21F6N5O2S. The summed E-state index contributed by atoms with van der Waals surface area (Å²) in [5.41, 5.74) is 1.65. The molecule has 6 rings (SSSR count). The zero-order valence-electron chi connectivity index (χ0n) is 20.7. The van der Waals surface area contributed by atoms with Gasteiger partial charge in [-0.05, 0) is 60.4 Å². The molecule has 0 saturated heterocycles. The Labute approximate surface area is 227 Å². The van der Waals surface area contributed by atoms with E-state index < -0.39 is 23.8 Å². The number of amides is 2. The molecule has 1 aliphatic carbocycles. The van der Waals surface area contributed by atoms with Crippen LogP contribution < -0.4 is 10.6 Å². The molecule has 40 heavy (non-hydrogen) atoms. The van der Waals surface area contributed by atoms with E-state index in [0.717, 1.165) is 40.2 Å². The van der Waals surface area contributed by atoms with Crippen LogP contribution in [0, 0.1) is 0 Å². The predicted molar refractivity (Wildman–Crippen MR) is 133 cm³/mol. The SMILES string of the molecule is O=C1NCCc2sc(-c3nc(Nc4cc5c(cc4C4CC4)CN(C(=O)C(F)(F)F)CC5)ncc3C(F)(F)F)cc21. The van der Waals surface area contributed by atoms with E-state index in [4.69, 9.17) is 0 Å². The van der Waals surface area contributed by atoms with Crippen molar-refractivity contribution in [2.75, 3.05) is 18.4 Å². The molecule has 2 aliphatic heterocycles. The molecular weight excluding hydrogens is 560 g/mol. The smallest absolute Gasteiger partial charge is 0.352 e. The van der Waals surface area contributed by atoms with Gasteiger partial charge in [0.05, 0.1) is 16.1 Å². The molecule has 1 saturated carbocycles. The van der Waals surface area contributed by atoms with Gasteiger partial charge in [0, 0.05) is 36.4 Å². The largest absolute Gasteiger partial charge is 0.471 e. The first-order chi connectivity index (χ1) is 18.9. The average molecular weight is 582 g/mol. The number of thiophene rings is 1. The zero-order valence-corrected chi connectivity index (χ0v) is 21.5. The van der Waals surface area contributed by atoms with Crippen molar-refractivity contribution in [1.29, 1.82) is 0 Å². The van der Waals surface area contributed by atoms with Crippen molar-refractivity contribution in [3.63, 3.8) is 0 Å².